The third kappa shape index (κ3) is 4.49. The van der Waals surface area contributed by atoms with E-state index in [0.29, 0.717) is 18.0 Å². The maximum absolute atomic E-state index is 12.4. The Hall–Kier alpha value is -2.53. The van der Waals surface area contributed by atoms with Crippen LogP contribution in [-0.4, -0.2) is 33.2 Å². The lowest BCUT2D eigenvalue weighted by Crippen LogP contribution is -3.12. The van der Waals surface area contributed by atoms with Crippen molar-refractivity contribution in [1.82, 2.24) is 0 Å². The number of ether oxygens (including phenoxy) is 2. The van der Waals surface area contributed by atoms with Gasteiger partial charge in [-0.3, -0.25) is 4.79 Å². The quantitative estimate of drug-likeness (QED) is 0.814. The van der Waals surface area contributed by atoms with Crippen molar-refractivity contribution in [3.63, 3.8) is 0 Å². The largest absolute Gasteiger partial charge is 0.493 e. The van der Waals surface area contributed by atoms with Crippen LogP contribution in [0.5, 0.6) is 11.5 Å². The molecule has 2 N–H and O–H groups in total. The third-order valence-electron chi connectivity index (χ3n) is 4.10. The van der Waals surface area contributed by atoms with Crippen LogP contribution in [0.2, 0.25) is 0 Å². The Labute approximate surface area is 143 Å². The van der Waals surface area contributed by atoms with Crippen molar-refractivity contribution in [3.8, 4) is 11.5 Å². The molecule has 1 amide bonds. The molecular weight excluding hydrogens is 304 g/mol. The van der Waals surface area contributed by atoms with Gasteiger partial charge in [-0.1, -0.05) is 18.2 Å². The topological polar surface area (TPSA) is 52.0 Å². The van der Waals surface area contributed by atoms with Gasteiger partial charge in [0.25, 0.3) is 5.91 Å². The molecule has 1 unspecified atom stereocenters. The number of amides is 1. The zero-order valence-corrected chi connectivity index (χ0v) is 14.6. The van der Waals surface area contributed by atoms with Gasteiger partial charge in [0, 0.05) is 11.3 Å². The van der Waals surface area contributed by atoms with Gasteiger partial charge in [0.1, 0.15) is 6.54 Å². The molecule has 0 aliphatic carbocycles. The van der Waals surface area contributed by atoms with Crippen LogP contribution in [0.3, 0.4) is 0 Å². The lowest BCUT2D eigenvalue weighted by atomic mass is 10.1. The molecule has 5 heteroatoms. The molecule has 0 fully saturated rings. The van der Waals surface area contributed by atoms with Gasteiger partial charge in [0.2, 0.25) is 0 Å². The molecule has 2 aromatic rings. The van der Waals surface area contributed by atoms with E-state index < -0.39 is 0 Å². The van der Waals surface area contributed by atoms with E-state index in [1.807, 2.05) is 62.5 Å². The van der Waals surface area contributed by atoms with Crippen LogP contribution in [0.1, 0.15) is 12.5 Å². The number of carbonyl (C=O) groups is 1. The van der Waals surface area contributed by atoms with Gasteiger partial charge < -0.3 is 19.7 Å². The summed E-state index contributed by atoms with van der Waals surface area (Å²) in [5.74, 6) is 1.40. The van der Waals surface area contributed by atoms with E-state index in [4.69, 9.17) is 9.47 Å². The average Bonchev–Trinajstić information content (AvgIpc) is 2.61. The lowest BCUT2D eigenvalue weighted by Gasteiger charge is -2.21. The Morgan fingerprint density at radius 3 is 2.38 bits per heavy atom. The molecule has 2 aromatic carbocycles. The normalized spacial score (nSPS) is 13.0. The number of para-hydroxylation sites is 1. The Kier molecular flexibility index (Phi) is 6.21. The minimum atomic E-state index is -0.182. The van der Waals surface area contributed by atoms with E-state index >= 15 is 0 Å². The maximum atomic E-state index is 12.4. The molecule has 0 aromatic heterocycles. The van der Waals surface area contributed by atoms with Crippen molar-refractivity contribution < 1.29 is 19.2 Å². The number of hydrogen-bond acceptors (Lipinski definition) is 3. The van der Waals surface area contributed by atoms with Crippen LogP contribution in [0.15, 0.2) is 48.5 Å². The van der Waals surface area contributed by atoms with Gasteiger partial charge >= 0.3 is 0 Å². The fourth-order valence-corrected chi connectivity index (χ4v) is 2.46. The van der Waals surface area contributed by atoms with Gasteiger partial charge in [-0.2, -0.15) is 0 Å². The first-order valence-corrected chi connectivity index (χ1v) is 7.94. The second-order valence-corrected chi connectivity index (χ2v) is 5.79. The predicted octanol–water partition coefficient (Wildman–Crippen LogP) is 1.75. The molecule has 0 heterocycles. The summed E-state index contributed by atoms with van der Waals surface area (Å²) >= 11 is 0. The number of nitrogens with one attached hydrogen (secondary N) is 2. The molecule has 0 saturated heterocycles. The smallest absolute Gasteiger partial charge is 0.282 e. The van der Waals surface area contributed by atoms with E-state index in [9.17, 15) is 4.79 Å². The van der Waals surface area contributed by atoms with E-state index in [-0.39, 0.29) is 11.9 Å². The minimum Gasteiger partial charge on any atom is -0.493 e. The maximum Gasteiger partial charge on any atom is 0.282 e. The molecule has 0 aliphatic heterocycles. The van der Waals surface area contributed by atoms with Crippen LogP contribution in [0.25, 0.3) is 0 Å². The van der Waals surface area contributed by atoms with Gasteiger partial charge in [0.05, 0.1) is 21.3 Å². The lowest BCUT2D eigenvalue weighted by molar-refractivity contribution is -0.907. The fourth-order valence-electron chi connectivity index (χ4n) is 2.46. The third-order valence-corrected chi connectivity index (χ3v) is 4.10. The summed E-state index contributed by atoms with van der Waals surface area (Å²) in [5, 5.41) is 2.94. The highest BCUT2D eigenvalue weighted by Gasteiger charge is 2.22. The number of carbonyl (C=O) groups excluding carboxylic acids is 1. The molecular formula is C19H25N2O3+. The van der Waals surface area contributed by atoms with Crippen LogP contribution >= 0.6 is 0 Å². The van der Waals surface area contributed by atoms with Crippen molar-refractivity contribution >= 4 is 11.6 Å². The Balaban J connectivity index is 2.00. The molecule has 5 nitrogen and oxygen atoms in total. The molecule has 128 valence electrons. The van der Waals surface area contributed by atoms with Gasteiger partial charge in [-0.15, -0.1) is 0 Å². The summed E-state index contributed by atoms with van der Waals surface area (Å²) in [6.45, 7) is 2.64. The molecule has 0 bridgehead atoms. The molecule has 2 atom stereocenters. The first kappa shape index (κ1) is 17.8. The zero-order valence-electron chi connectivity index (χ0n) is 14.6. The summed E-state index contributed by atoms with van der Waals surface area (Å²) in [6.07, 6.45) is 0. The Bertz CT molecular complexity index is 674. The summed E-state index contributed by atoms with van der Waals surface area (Å²) < 4.78 is 10.6. The van der Waals surface area contributed by atoms with Crippen LogP contribution < -0.4 is 19.7 Å². The molecule has 24 heavy (non-hydrogen) atoms. The highest BCUT2D eigenvalue weighted by molar-refractivity contribution is 5.93. The van der Waals surface area contributed by atoms with Crippen molar-refractivity contribution in [3.05, 3.63) is 54.1 Å². The zero-order chi connectivity index (χ0) is 17.5. The van der Waals surface area contributed by atoms with E-state index in [1.165, 1.54) is 0 Å². The second kappa shape index (κ2) is 8.36. The first-order valence-electron chi connectivity index (χ1n) is 7.94. The number of quaternary nitrogens is 1. The fraction of sp³-hybridized carbons (Fsp3) is 0.316. The molecule has 0 aliphatic rings. The number of benzene rings is 2. The summed E-state index contributed by atoms with van der Waals surface area (Å²) in [5.41, 5.74) is 1.90. The molecule has 0 spiro atoms. The van der Waals surface area contributed by atoms with Crippen LogP contribution in [0, 0.1) is 0 Å². The Morgan fingerprint density at radius 1 is 1.08 bits per heavy atom. The molecule has 0 saturated carbocycles. The van der Waals surface area contributed by atoms with Crippen LogP contribution in [0.4, 0.5) is 5.69 Å². The van der Waals surface area contributed by atoms with E-state index in [2.05, 4.69) is 5.32 Å². The standard InChI is InChI=1S/C19H24N2O3/c1-14(19(22)20-16-8-6-5-7-9-16)21(2)13-15-10-11-17(23-3)18(12-15)24-4/h5-12,14H,13H2,1-4H3,(H,20,22)/p+1/t14-/m0/s1. The van der Waals surface area contributed by atoms with E-state index in [0.717, 1.165) is 16.2 Å². The van der Waals surface area contributed by atoms with Crippen molar-refractivity contribution in [1.29, 1.82) is 0 Å². The second-order valence-electron chi connectivity index (χ2n) is 5.79. The van der Waals surface area contributed by atoms with Crippen molar-refractivity contribution in [2.75, 3.05) is 26.6 Å². The average molecular weight is 329 g/mol. The highest BCUT2D eigenvalue weighted by atomic mass is 16.5. The van der Waals surface area contributed by atoms with E-state index in [1.54, 1.807) is 14.2 Å². The number of hydrogen-bond donors (Lipinski definition) is 2. The highest BCUT2D eigenvalue weighted by Crippen LogP contribution is 2.27. The SMILES string of the molecule is COc1ccc(C[NH+](C)[C@@H](C)C(=O)Nc2ccccc2)cc1OC. The predicted molar refractivity (Wildman–Crippen MR) is 94.7 cm³/mol. The first-order chi connectivity index (χ1) is 11.5. The summed E-state index contributed by atoms with van der Waals surface area (Å²) in [4.78, 5) is 13.5. The van der Waals surface area contributed by atoms with Crippen LogP contribution in [-0.2, 0) is 11.3 Å². The minimum absolute atomic E-state index is 0.000762. The molecule has 2 rings (SSSR count). The number of likely N-dealkylation sites (N-methyl/N-ethyl adjacent to an activating group) is 1. The number of rotatable bonds is 7. The number of methoxy groups -OCH3 is 2. The Morgan fingerprint density at radius 2 is 1.75 bits per heavy atom. The monoisotopic (exact) mass is 329 g/mol. The van der Waals surface area contributed by atoms with Crippen molar-refractivity contribution in [2.24, 2.45) is 0 Å². The summed E-state index contributed by atoms with van der Waals surface area (Å²) in [7, 11) is 5.24. The summed E-state index contributed by atoms with van der Waals surface area (Å²) in [6, 6.07) is 15.1. The van der Waals surface area contributed by atoms with Gasteiger partial charge in [0.15, 0.2) is 17.5 Å². The number of anilines is 1. The van der Waals surface area contributed by atoms with Crippen molar-refractivity contribution in [2.45, 2.75) is 19.5 Å². The van der Waals surface area contributed by atoms with Gasteiger partial charge in [-0.05, 0) is 37.3 Å². The van der Waals surface area contributed by atoms with Gasteiger partial charge in [-0.25, -0.2) is 0 Å². The molecule has 0 radical (unpaired) electrons.